The van der Waals surface area contributed by atoms with Crippen LogP contribution in [-0.4, -0.2) is 18.8 Å². The van der Waals surface area contributed by atoms with Gasteiger partial charge in [-0.3, -0.25) is 4.79 Å². The van der Waals surface area contributed by atoms with Crippen LogP contribution in [0.3, 0.4) is 0 Å². The third-order valence-corrected chi connectivity index (χ3v) is 2.97. The van der Waals surface area contributed by atoms with E-state index in [1.54, 1.807) is 7.11 Å². The van der Waals surface area contributed by atoms with Gasteiger partial charge in [-0.15, -0.1) is 11.6 Å². The molecule has 1 aromatic carbocycles. The van der Waals surface area contributed by atoms with Crippen molar-refractivity contribution in [2.75, 3.05) is 13.0 Å². The zero-order valence-electron chi connectivity index (χ0n) is 7.93. The van der Waals surface area contributed by atoms with Gasteiger partial charge >= 0.3 is 0 Å². The van der Waals surface area contributed by atoms with Crippen molar-refractivity contribution >= 4 is 33.3 Å². The van der Waals surface area contributed by atoms with E-state index >= 15 is 0 Å². The van der Waals surface area contributed by atoms with Crippen LogP contribution >= 0.6 is 27.5 Å². The van der Waals surface area contributed by atoms with Gasteiger partial charge in [0.05, 0.1) is 17.5 Å². The van der Waals surface area contributed by atoms with Crippen LogP contribution in [0.1, 0.15) is 15.9 Å². The zero-order valence-corrected chi connectivity index (χ0v) is 10.3. The molecule has 0 aliphatic rings. The van der Waals surface area contributed by atoms with E-state index < -0.39 is 0 Å². The summed E-state index contributed by atoms with van der Waals surface area (Å²) in [4.78, 5) is 11.5. The lowest BCUT2D eigenvalue weighted by molar-refractivity contribution is 0.101. The molecule has 4 heteroatoms. The number of carbonyl (C=O) groups is 1. The third-order valence-electron chi connectivity index (χ3n) is 1.93. The molecular weight excluding hydrogens is 267 g/mol. The van der Waals surface area contributed by atoms with Crippen molar-refractivity contribution < 1.29 is 9.53 Å². The highest BCUT2D eigenvalue weighted by Crippen LogP contribution is 2.31. The molecule has 2 nitrogen and oxygen atoms in total. The summed E-state index contributed by atoms with van der Waals surface area (Å²) in [7, 11) is 1.56. The summed E-state index contributed by atoms with van der Waals surface area (Å²) < 4.78 is 5.77. The molecule has 76 valence electrons. The lowest BCUT2D eigenvalue weighted by Crippen LogP contribution is -2.05. The van der Waals surface area contributed by atoms with Crippen molar-refractivity contribution in [3.8, 4) is 5.75 Å². The van der Waals surface area contributed by atoms with Gasteiger partial charge in [0.15, 0.2) is 5.78 Å². The molecule has 0 aromatic heterocycles. The molecule has 0 atom stereocenters. The topological polar surface area (TPSA) is 26.3 Å². The molecule has 0 saturated carbocycles. The van der Waals surface area contributed by atoms with E-state index in [0.717, 1.165) is 5.56 Å². The minimum atomic E-state index is -0.102. The maximum atomic E-state index is 11.5. The van der Waals surface area contributed by atoms with Crippen LogP contribution in [-0.2, 0) is 0 Å². The van der Waals surface area contributed by atoms with E-state index in [2.05, 4.69) is 15.9 Å². The molecule has 0 N–H and O–H groups in total. The predicted octanol–water partition coefficient (Wildman–Crippen LogP) is 3.19. The Kier molecular flexibility index (Phi) is 3.96. The van der Waals surface area contributed by atoms with Crippen LogP contribution in [0.25, 0.3) is 0 Å². The van der Waals surface area contributed by atoms with Crippen molar-refractivity contribution in [3.63, 3.8) is 0 Å². The maximum absolute atomic E-state index is 11.5. The number of ketones is 1. The molecule has 0 aliphatic carbocycles. The Bertz CT molecular complexity index is 363. The molecule has 0 heterocycles. The van der Waals surface area contributed by atoms with Crippen LogP contribution in [0.5, 0.6) is 5.75 Å². The molecule has 0 bridgehead atoms. The van der Waals surface area contributed by atoms with Gasteiger partial charge in [-0.25, -0.2) is 0 Å². The molecule has 0 saturated heterocycles. The van der Waals surface area contributed by atoms with Gasteiger partial charge in [-0.2, -0.15) is 0 Å². The van der Waals surface area contributed by atoms with E-state index in [4.69, 9.17) is 16.3 Å². The summed E-state index contributed by atoms with van der Waals surface area (Å²) in [5, 5.41) is 0. The van der Waals surface area contributed by atoms with E-state index in [0.29, 0.717) is 15.8 Å². The fraction of sp³-hybridized carbons (Fsp3) is 0.300. The van der Waals surface area contributed by atoms with Crippen molar-refractivity contribution in [1.29, 1.82) is 0 Å². The Labute approximate surface area is 96.3 Å². The molecule has 0 spiro atoms. The summed E-state index contributed by atoms with van der Waals surface area (Å²) in [6.45, 7) is 1.87. The number of ether oxygens (including phenoxy) is 1. The molecule has 1 aromatic rings. The number of halogens is 2. The Morgan fingerprint density at radius 2 is 2.21 bits per heavy atom. The number of alkyl halides is 1. The molecule has 0 fully saturated rings. The average Bonchev–Trinajstić information content (AvgIpc) is 2.18. The molecule has 14 heavy (non-hydrogen) atoms. The second-order valence-electron chi connectivity index (χ2n) is 2.83. The van der Waals surface area contributed by atoms with Gasteiger partial charge in [-0.1, -0.05) is 6.07 Å². The minimum absolute atomic E-state index is 0.0212. The smallest absolute Gasteiger partial charge is 0.179 e. The second kappa shape index (κ2) is 4.80. The van der Waals surface area contributed by atoms with Crippen molar-refractivity contribution in [2.24, 2.45) is 0 Å². The second-order valence-corrected chi connectivity index (χ2v) is 3.89. The number of hydrogen-bond acceptors (Lipinski definition) is 2. The average molecular weight is 278 g/mol. The summed E-state index contributed by atoms with van der Waals surface area (Å²) in [6.07, 6.45) is 0. The maximum Gasteiger partial charge on any atom is 0.179 e. The van der Waals surface area contributed by atoms with E-state index in [1.807, 2.05) is 19.1 Å². The monoisotopic (exact) mass is 276 g/mol. The lowest BCUT2D eigenvalue weighted by atomic mass is 10.1. The Morgan fingerprint density at radius 1 is 1.57 bits per heavy atom. The first kappa shape index (κ1) is 11.5. The molecule has 0 amide bonds. The van der Waals surface area contributed by atoms with Crippen LogP contribution in [0, 0.1) is 6.92 Å². The van der Waals surface area contributed by atoms with Crippen LogP contribution in [0.4, 0.5) is 0 Å². The van der Waals surface area contributed by atoms with Crippen LogP contribution < -0.4 is 4.74 Å². The number of aryl methyl sites for hydroxylation is 1. The summed E-state index contributed by atoms with van der Waals surface area (Å²) >= 11 is 8.84. The first-order valence-electron chi connectivity index (χ1n) is 4.04. The van der Waals surface area contributed by atoms with E-state index in [9.17, 15) is 4.79 Å². The fourth-order valence-electron chi connectivity index (χ4n) is 1.22. The van der Waals surface area contributed by atoms with Gasteiger partial charge in [0, 0.05) is 5.56 Å². The van der Waals surface area contributed by atoms with Crippen LogP contribution in [0.2, 0.25) is 0 Å². The summed E-state index contributed by atoms with van der Waals surface area (Å²) in [5.41, 5.74) is 1.49. The molecule has 0 radical (unpaired) electrons. The summed E-state index contributed by atoms with van der Waals surface area (Å²) in [5.74, 6) is 0.520. The van der Waals surface area contributed by atoms with Gasteiger partial charge in [0.25, 0.3) is 0 Å². The number of rotatable bonds is 3. The molecule has 0 unspecified atom stereocenters. The largest absolute Gasteiger partial charge is 0.496 e. The van der Waals surface area contributed by atoms with Gasteiger partial charge < -0.3 is 4.74 Å². The highest BCUT2D eigenvalue weighted by atomic mass is 79.9. The number of benzene rings is 1. The Balaban J connectivity index is 3.32. The quantitative estimate of drug-likeness (QED) is 0.626. The zero-order chi connectivity index (χ0) is 10.7. The first-order valence-corrected chi connectivity index (χ1v) is 5.36. The van der Waals surface area contributed by atoms with Gasteiger partial charge in [0.1, 0.15) is 5.75 Å². The van der Waals surface area contributed by atoms with Gasteiger partial charge in [0.2, 0.25) is 0 Å². The SMILES string of the molecule is COc1ccc(C)c(C(=O)CCl)c1Br. The Hall–Kier alpha value is -0.540. The lowest BCUT2D eigenvalue weighted by Gasteiger charge is -2.09. The molecular formula is C10H10BrClO2. The number of carbonyl (C=O) groups excluding carboxylic acids is 1. The first-order chi connectivity index (χ1) is 6.61. The van der Waals surface area contributed by atoms with Crippen LogP contribution in [0.15, 0.2) is 16.6 Å². The molecule has 1 rings (SSSR count). The minimum Gasteiger partial charge on any atom is -0.496 e. The normalized spacial score (nSPS) is 10.0. The van der Waals surface area contributed by atoms with Gasteiger partial charge in [-0.05, 0) is 34.5 Å². The van der Waals surface area contributed by atoms with Crippen molar-refractivity contribution in [3.05, 3.63) is 27.7 Å². The number of hydrogen-bond donors (Lipinski definition) is 0. The van der Waals surface area contributed by atoms with Crippen molar-refractivity contribution in [2.45, 2.75) is 6.92 Å². The van der Waals surface area contributed by atoms with E-state index in [1.165, 1.54) is 0 Å². The highest BCUT2D eigenvalue weighted by Gasteiger charge is 2.15. The van der Waals surface area contributed by atoms with E-state index in [-0.39, 0.29) is 11.7 Å². The predicted molar refractivity (Wildman–Crippen MR) is 60.5 cm³/mol. The molecule has 0 aliphatic heterocycles. The van der Waals surface area contributed by atoms with Crippen molar-refractivity contribution in [1.82, 2.24) is 0 Å². The fourth-order valence-corrected chi connectivity index (χ4v) is 2.18. The summed E-state index contributed by atoms with van der Waals surface area (Å²) in [6, 6.07) is 3.65. The third kappa shape index (κ3) is 2.10. The highest BCUT2D eigenvalue weighted by molar-refractivity contribution is 9.10. The number of Topliss-reactive ketones (excluding diaryl/α,β-unsaturated/α-hetero) is 1. The number of methoxy groups -OCH3 is 1. The standard InChI is InChI=1S/C10H10BrClO2/c1-6-3-4-8(14-2)10(11)9(6)7(13)5-12/h3-4H,5H2,1-2H3. The Morgan fingerprint density at radius 3 is 2.71 bits per heavy atom.